The highest BCUT2D eigenvalue weighted by molar-refractivity contribution is 9.10. The molecule has 0 aliphatic heterocycles. The van der Waals surface area contributed by atoms with Crippen molar-refractivity contribution in [2.45, 2.75) is 13.0 Å². The van der Waals surface area contributed by atoms with Crippen molar-refractivity contribution in [3.63, 3.8) is 0 Å². The first kappa shape index (κ1) is 14.1. The predicted molar refractivity (Wildman–Crippen MR) is 82.7 cm³/mol. The Morgan fingerprint density at radius 1 is 1.05 bits per heavy atom. The maximum Gasteiger partial charge on any atom is 0.123 e. The van der Waals surface area contributed by atoms with E-state index in [1.807, 2.05) is 24.3 Å². The number of para-hydroxylation sites is 1. The molecular weight excluding hydrogens is 302 g/mol. The van der Waals surface area contributed by atoms with Crippen LogP contribution in [0.15, 0.2) is 53.0 Å². The van der Waals surface area contributed by atoms with E-state index in [9.17, 15) is 0 Å². The van der Waals surface area contributed by atoms with Gasteiger partial charge in [-0.25, -0.2) is 0 Å². The smallest absolute Gasteiger partial charge is 0.123 e. The Bertz CT molecular complexity index is 542. The normalized spacial score (nSPS) is 12.2. The highest BCUT2D eigenvalue weighted by Gasteiger charge is 2.18. The molecule has 0 aromatic heterocycles. The van der Waals surface area contributed by atoms with Gasteiger partial charge in [0.15, 0.2) is 0 Å². The molecule has 19 heavy (non-hydrogen) atoms. The van der Waals surface area contributed by atoms with Crippen molar-refractivity contribution >= 4 is 15.9 Å². The van der Waals surface area contributed by atoms with E-state index in [4.69, 9.17) is 4.74 Å². The molecule has 0 aliphatic rings. The molecule has 0 saturated heterocycles. The Hall–Kier alpha value is -1.32. The third-order valence-corrected chi connectivity index (χ3v) is 3.80. The first-order valence-electron chi connectivity index (χ1n) is 6.38. The van der Waals surface area contributed by atoms with Crippen LogP contribution in [0.4, 0.5) is 0 Å². The molecule has 0 spiro atoms. The second kappa shape index (κ2) is 6.73. The Morgan fingerprint density at radius 3 is 2.32 bits per heavy atom. The summed E-state index contributed by atoms with van der Waals surface area (Å²) in [6, 6.07) is 16.5. The minimum absolute atomic E-state index is 0.122. The van der Waals surface area contributed by atoms with Gasteiger partial charge in [-0.1, -0.05) is 59.3 Å². The first-order valence-corrected chi connectivity index (χ1v) is 7.18. The van der Waals surface area contributed by atoms with Crippen LogP contribution in [-0.2, 0) is 0 Å². The predicted octanol–water partition coefficient (Wildman–Crippen LogP) is 4.16. The topological polar surface area (TPSA) is 21.3 Å². The van der Waals surface area contributed by atoms with Crippen molar-refractivity contribution in [2.24, 2.45) is 0 Å². The first-order chi connectivity index (χ1) is 9.27. The van der Waals surface area contributed by atoms with Crippen LogP contribution in [0.1, 0.15) is 24.1 Å². The molecule has 0 aliphatic carbocycles. The lowest BCUT2D eigenvalue weighted by atomic mass is 9.98. The fraction of sp³-hybridized carbons (Fsp3) is 0.250. The van der Waals surface area contributed by atoms with Gasteiger partial charge in [-0.2, -0.15) is 0 Å². The summed E-state index contributed by atoms with van der Waals surface area (Å²) in [5.74, 6) is 0.907. The van der Waals surface area contributed by atoms with Gasteiger partial charge in [-0.15, -0.1) is 0 Å². The molecule has 1 unspecified atom stereocenters. The number of halogens is 1. The third-order valence-electron chi connectivity index (χ3n) is 3.07. The van der Waals surface area contributed by atoms with Crippen LogP contribution < -0.4 is 10.1 Å². The molecule has 2 aromatic rings. The summed E-state index contributed by atoms with van der Waals surface area (Å²) in [5.41, 5.74) is 2.37. The van der Waals surface area contributed by atoms with E-state index in [-0.39, 0.29) is 6.04 Å². The molecule has 0 amide bonds. The molecule has 2 nitrogen and oxygen atoms in total. The highest BCUT2D eigenvalue weighted by Crippen LogP contribution is 2.33. The molecule has 2 rings (SSSR count). The van der Waals surface area contributed by atoms with Gasteiger partial charge in [0.25, 0.3) is 0 Å². The summed E-state index contributed by atoms with van der Waals surface area (Å²) in [6.07, 6.45) is 0. The largest absolute Gasteiger partial charge is 0.496 e. The van der Waals surface area contributed by atoms with Crippen LogP contribution in [0.25, 0.3) is 0 Å². The minimum atomic E-state index is 0.122. The molecule has 0 radical (unpaired) electrons. The Labute approximate surface area is 122 Å². The van der Waals surface area contributed by atoms with Gasteiger partial charge >= 0.3 is 0 Å². The maximum absolute atomic E-state index is 5.48. The summed E-state index contributed by atoms with van der Waals surface area (Å²) in [4.78, 5) is 0. The van der Waals surface area contributed by atoms with E-state index in [1.165, 1.54) is 5.56 Å². The maximum atomic E-state index is 5.48. The standard InChI is InChI=1S/C16H18BrNO/c1-3-18-16(12-8-4-6-10-14(12)17)13-9-5-7-11-15(13)19-2/h4-11,16,18H,3H2,1-2H3. The lowest BCUT2D eigenvalue weighted by Crippen LogP contribution is -2.22. The van der Waals surface area contributed by atoms with Gasteiger partial charge in [-0.3, -0.25) is 0 Å². The lowest BCUT2D eigenvalue weighted by Gasteiger charge is -2.22. The molecule has 3 heteroatoms. The van der Waals surface area contributed by atoms with Gasteiger partial charge in [0, 0.05) is 10.0 Å². The zero-order chi connectivity index (χ0) is 13.7. The molecule has 0 fully saturated rings. The third kappa shape index (κ3) is 3.17. The molecule has 0 bridgehead atoms. The van der Waals surface area contributed by atoms with Crippen LogP contribution in [0.3, 0.4) is 0 Å². The fourth-order valence-electron chi connectivity index (χ4n) is 2.21. The minimum Gasteiger partial charge on any atom is -0.496 e. The number of ether oxygens (including phenoxy) is 1. The second-order valence-electron chi connectivity index (χ2n) is 4.25. The van der Waals surface area contributed by atoms with Crippen LogP contribution in [0.2, 0.25) is 0 Å². The van der Waals surface area contributed by atoms with Crippen molar-refractivity contribution in [2.75, 3.05) is 13.7 Å². The van der Waals surface area contributed by atoms with Crippen LogP contribution in [0.5, 0.6) is 5.75 Å². The number of methoxy groups -OCH3 is 1. The molecule has 0 saturated carbocycles. The van der Waals surface area contributed by atoms with E-state index in [0.717, 1.165) is 22.3 Å². The molecule has 0 heterocycles. The van der Waals surface area contributed by atoms with E-state index in [1.54, 1.807) is 7.11 Å². The summed E-state index contributed by atoms with van der Waals surface area (Å²) in [5, 5.41) is 3.52. The summed E-state index contributed by atoms with van der Waals surface area (Å²) < 4.78 is 6.58. The van der Waals surface area contributed by atoms with E-state index < -0.39 is 0 Å². The number of rotatable bonds is 5. The Morgan fingerprint density at radius 2 is 1.68 bits per heavy atom. The van der Waals surface area contributed by atoms with Gasteiger partial charge in [0.1, 0.15) is 5.75 Å². The van der Waals surface area contributed by atoms with Crippen LogP contribution >= 0.6 is 15.9 Å². The lowest BCUT2D eigenvalue weighted by molar-refractivity contribution is 0.404. The van der Waals surface area contributed by atoms with Gasteiger partial charge in [0.2, 0.25) is 0 Å². The average molecular weight is 320 g/mol. The fourth-order valence-corrected chi connectivity index (χ4v) is 2.72. The van der Waals surface area contributed by atoms with Gasteiger partial charge in [0.05, 0.1) is 13.2 Å². The van der Waals surface area contributed by atoms with Gasteiger partial charge in [-0.05, 0) is 24.2 Å². The zero-order valence-electron chi connectivity index (χ0n) is 11.2. The van der Waals surface area contributed by atoms with Crippen molar-refractivity contribution in [1.29, 1.82) is 0 Å². The van der Waals surface area contributed by atoms with E-state index in [2.05, 4.69) is 52.4 Å². The van der Waals surface area contributed by atoms with Crippen molar-refractivity contribution in [3.8, 4) is 5.75 Å². The number of hydrogen-bond acceptors (Lipinski definition) is 2. The second-order valence-corrected chi connectivity index (χ2v) is 5.11. The number of benzene rings is 2. The molecule has 1 atom stereocenters. The van der Waals surface area contributed by atoms with Crippen molar-refractivity contribution < 1.29 is 4.74 Å². The molecule has 1 N–H and O–H groups in total. The molecular formula is C16H18BrNO. The van der Waals surface area contributed by atoms with E-state index >= 15 is 0 Å². The van der Waals surface area contributed by atoms with Crippen LogP contribution in [-0.4, -0.2) is 13.7 Å². The number of nitrogens with one attached hydrogen (secondary N) is 1. The summed E-state index contributed by atoms with van der Waals surface area (Å²) in [7, 11) is 1.71. The quantitative estimate of drug-likeness (QED) is 0.893. The van der Waals surface area contributed by atoms with Crippen molar-refractivity contribution in [3.05, 3.63) is 64.1 Å². The molecule has 2 aromatic carbocycles. The Balaban J connectivity index is 2.49. The van der Waals surface area contributed by atoms with Crippen molar-refractivity contribution in [1.82, 2.24) is 5.32 Å². The van der Waals surface area contributed by atoms with E-state index in [0.29, 0.717) is 0 Å². The molecule has 100 valence electrons. The highest BCUT2D eigenvalue weighted by atomic mass is 79.9. The van der Waals surface area contributed by atoms with Crippen LogP contribution in [0, 0.1) is 0 Å². The monoisotopic (exact) mass is 319 g/mol. The SMILES string of the molecule is CCNC(c1ccccc1Br)c1ccccc1OC. The summed E-state index contributed by atoms with van der Waals surface area (Å²) >= 11 is 3.63. The average Bonchev–Trinajstić information content (AvgIpc) is 2.46. The zero-order valence-corrected chi connectivity index (χ0v) is 12.8. The summed E-state index contributed by atoms with van der Waals surface area (Å²) in [6.45, 7) is 3.00. The van der Waals surface area contributed by atoms with Gasteiger partial charge < -0.3 is 10.1 Å². The Kier molecular flexibility index (Phi) is 5.00. The number of hydrogen-bond donors (Lipinski definition) is 1.